The van der Waals surface area contributed by atoms with Crippen LogP contribution in [0.2, 0.25) is 0 Å². The van der Waals surface area contributed by atoms with Crippen LogP contribution >= 0.6 is 0 Å². The molecule has 0 aliphatic carbocycles. The van der Waals surface area contributed by atoms with E-state index in [0.29, 0.717) is 12.5 Å². The summed E-state index contributed by atoms with van der Waals surface area (Å²) in [4.78, 5) is 6.70. The quantitative estimate of drug-likeness (QED) is 0.419. The first-order chi connectivity index (χ1) is 9.74. The molecule has 0 atom stereocenters. The maximum atomic E-state index is 5.83. The molecular weight excluding hydrogens is 256 g/mol. The van der Waals surface area contributed by atoms with Crippen molar-refractivity contribution in [3.05, 3.63) is 18.0 Å². The van der Waals surface area contributed by atoms with E-state index in [1.54, 1.807) is 10.9 Å². The number of aliphatic imine (C=N–C) groups is 1. The third-order valence-electron chi connectivity index (χ3n) is 3.25. The summed E-state index contributed by atoms with van der Waals surface area (Å²) in [7, 11) is 1.89. The van der Waals surface area contributed by atoms with Crippen molar-refractivity contribution in [1.82, 2.24) is 20.0 Å². The lowest BCUT2D eigenvalue weighted by Gasteiger charge is -2.26. The van der Waals surface area contributed by atoms with E-state index in [-0.39, 0.29) is 0 Å². The second-order valence-corrected chi connectivity index (χ2v) is 4.96. The Morgan fingerprint density at radius 1 is 1.50 bits per heavy atom. The minimum atomic E-state index is 0.496. The van der Waals surface area contributed by atoms with Gasteiger partial charge in [-0.1, -0.05) is 0 Å². The van der Waals surface area contributed by atoms with Crippen LogP contribution in [0.3, 0.4) is 0 Å². The summed E-state index contributed by atoms with van der Waals surface area (Å²) >= 11 is 0. The summed E-state index contributed by atoms with van der Waals surface area (Å²) in [6.07, 6.45) is 4.80. The summed E-state index contributed by atoms with van der Waals surface area (Å²) in [6.45, 7) is 6.25. The molecule has 0 saturated carbocycles. The normalized spacial score (nSPS) is 17.4. The summed E-state index contributed by atoms with van der Waals surface area (Å²) < 4.78 is 7.08. The lowest BCUT2D eigenvalue weighted by Crippen LogP contribution is -2.39. The molecular formula is C13H24N6O. The lowest BCUT2D eigenvalue weighted by molar-refractivity contribution is 0.0376. The van der Waals surface area contributed by atoms with E-state index in [2.05, 4.69) is 20.3 Å². The summed E-state index contributed by atoms with van der Waals surface area (Å²) in [5.74, 6) is 0.496. The maximum absolute atomic E-state index is 5.83. The minimum Gasteiger partial charge on any atom is -0.379 e. The Morgan fingerprint density at radius 3 is 3.00 bits per heavy atom. The summed E-state index contributed by atoms with van der Waals surface area (Å²) in [5, 5.41) is 7.23. The Morgan fingerprint density at radius 2 is 2.30 bits per heavy atom. The highest BCUT2D eigenvalue weighted by atomic mass is 16.5. The zero-order chi connectivity index (χ0) is 14.2. The highest BCUT2D eigenvalue weighted by Gasteiger charge is 2.08. The van der Waals surface area contributed by atoms with Gasteiger partial charge in [-0.05, 0) is 13.0 Å². The molecule has 112 valence electrons. The number of ether oxygens (including phenoxy) is 1. The third kappa shape index (κ3) is 5.18. The van der Waals surface area contributed by atoms with Gasteiger partial charge in [-0.2, -0.15) is 5.10 Å². The maximum Gasteiger partial charge on any atom is 0.188 e. The second-order valence-electron chi connectivity index (χ2n) is 4.96. The van der Waals surface area contributed by atoms with Gasteiger partial charge in [-0.15, -0.1) is 0 Å². The molecule has 1 aromatic rings. The van der Waals surface area contributed by atoms with Gasteiger partial charge in [0.15, 0.2) is 5.96 Å². The molecule has 2 heterocycles. The standard InChI is InChI=1S/C13H24N6O/c1-18-11-12(10-17-18)9-16-13(14)15-3-2-4-19-5-7-20-8-6-19/h10-11H,2-9H2,1H3,(H3,14,15,16). The van der Waals surface area contributed by atoms with Crippen molar-refractivity contribution < 1.29 is 4.74 Å². The molecule has 3 N–H and O–H groups in total. The highest BCUT2D eigenvalue weighted by molar-refractivity contribution is 5.77. The molecule has 0 spiro atoms. The van der Waals surface area contributed by atoms with Crippen molar-refractivity contribution in [2.75, 3.05) is 39.4 Å². The van der Waals surface area contributed by atoms with E-state index >= 15 is 0 Å². The number of nitrogens with one attached hydrogen (secondary N) is 1. The minimum absolute atomic E-state index is 0.496. The van der Waals surface area contributed by atoms with Crippen molar-refractivity contribution >= 4 is 5.96 Å². The van der Waals surface area contributed by atoms with Crippen molar-refractivity contribution in [3.8, 4) is 0 Å². The molecule has 0 amide bonds. The number of guanidine groups is 1. The Kier molecular flexibility index (Phi) is 5.82. The molecule has 1 aromatic heterocycles. The fourth-order valence-electron chi connectivity index (χ4n) is 2.13. The van der Waals surface area contributed by atoms with Gasteiger partial charge in [0.1, 0.15) is 0 Å². The fourth-order valence-corrected chi connectivity index (χ4v) is 2.13. The first-order valence-corrected chi connectivity index (χ1v) is 7.05. The first kappa shape index (κ1) is 14.8. The smallest absolute Gasteiger partial charge is 0.188 e. The van der Waals surface area contributed by atoms with Gasteiger partial charge in [0.05, 0.1) is 26.0 Å². The van der Waals surface area contributed by atoms with Crippen molar-refractivity contribution in [1.29, 1.82) is 0 Å². The number of nitrogens with zero attached hydrogens (tertiary/aromatic N) is 4. The molecule has 0 aromatic carbocycles. The van der Waals surface area contributed by atoms with Crippen LogP contribution in [-0.4, -0.2) is 60.0 Å². The summed E-state index contributed by atoms with van der Waals surface area (Å²) in [5.41, 5.74) is 6.89. The van der Waals surface area contributed by atoms with Crippen LogP contribution in [0.4, 0.5) is 0 Å². The number of rotatable bonds is 6. The molecule has 0 bridgehead atoms. The lowest BCUT2D eigenvalue weighted by atomic mass is 10.3. The molecule has 2 rings (SSSR count). The number of hydrogen-bond donors (Lipinski definition) is 2. The number of nitrogens with two attached hydrogens (primary N) is 1. The van der Waals surface area contributed by atoms with Crippen molar-refractivity contribution in [3.63, 3.8) is 0 Å². The Hall–Kier alpha value is -1.60. The monoisotopic (exact) mass is 280 g/mol. The molecule has 0 radical (unpaired) electrons. The predicted molar refractivity (Wildman–Crippen MR) is 78.4 cm³/mol. The van der Waals surface area contributed by atoms with Crippen molar-refractivity contribution in [2.24, 2.45) is 17.8 Å². The molecule has 20 heavy (non-hydrogen) atoms. The number of hydrogen-bond acceptors (Lipinski definition) is 4. The van der Waals surface area contributed by atoms with Gasteiger partial charge in [0.25, 0.3) is 0 Å². The molecule has 1 saturated heterocycles. The van der Waals surface area contributed by atoms with Crippen LogP contribution in [-0.2, 0) is 18.3 Å². The Balaban J connectivity index is 1.58. The van der Waals surface area contributed by atoms with E-state index in [4.69, 9.17) is 10.5 Å². The first-order valence-electron chi connectivity index (χ1n) is 7.05. The topological polar surface area (TPSA) is 80.7 Å². The SMILES string of the molecule is Cn1cc(CN=C(N)NCCCN2CCOCC2)cn1. The predicted octanol–water partition coefficient (Wildman–Crippen LogP) is -0.453. The molecule has 1 fully saturated rings. The van der Waals surface area contributed by atoms with Crippen LogP contribution in [0.1, 0.15) is 12.0 Å². The fraction of sp³-hybridized carbons (Fsp3) is 0.692. The van der Waals surface area contributed by atoms with E-state index in [0.717, 1.165) is 51.4 Å². The molecule has 0 unspecified atom stereocenters. The van der Waals surface area contributed by atoms with Gasteiger partial charge in [0, 0.05) is 38.4 Å². The van der Waals surface area contributed by atoms with Gasteiger partial charge < -0.3 is 15.8 Å². The van der Waals surface area contributed by atoms with Gasteiger partial charge in [-0.25, -0.2) is 4.99 Å². The zero-order valence-electron chi connectivity index (χ0n) is 12.1. The average Bonchev–Trinajstić information content (AvgIpc) is 2.88. The number of morpholine rings is 1. The molecule has 7 heteroatoms. The van der Waals surface area contributed by atoms with E-state index < -0.39 is 0 Å². The van der Waals surface area contributed by atoms with Gasteiger partial charge >= 0.3 is 0 Å². The zero-order valence-corrected chi connectivity index (χ0v) is 12.1. The molecule has 7 nitrogen and oxygen atoms in total. The van der Waals surface area contributed by atoms with Crippen molar-refractivity contribution in [2.45, 2.75) is 13.0 Å². The van der Waals surface area contributed by atoms with E-state index in [1.165, 1.54) is 0 Å². The van der Waals surface area contributed by atoms with Crippen LogP contribution in [0, 0.1) is 0 Å². The number of aromatic nitrogens is 2. The molecule has 1 aliphatic heterocycles. The Labute approximate surface area is 119 Å². The highest BCUT2D eigenvalue weighted by Crippen LogP contribution is 1.98. The van der Waals surface area contributed by atoms with Crippen LogP contribution in [0.15, 0.2) is 17.4 Å². The number of aryl methyl sites for hydroxylation is 1. The van der Waals surface area contributed by atoms with Crippen LogP contribution < -0.4 is 11.1 Å². The van der Waals surface area contributed by atoms with E-state index in [9.17, 15) is 0 Å². The third-order valence-corrected chi connectivity index (χ3v) is 3.25. The average molecular weight is 280 g/mol. The van der Waals surface area contributed by atoms with Gasteiger partial charge in [0.2, 0.25) is 0 Å². The van der Waals surface area contributed by atoms with Crippen LogP contribution in [0.25, 0.3) is 0 Å². The van der Waals surface area contributed by atoms with Gasteiger partial charge in [-0.3, -0.25) is 9.58 Å². The largest absolute Gasteiger partial charge is 0.379 e. The molecule has 1 aliphatic rings. The van der Waals surface area contributed by atoms with E-state index in [1.807, 2.05) is 13.2 Å². The summed E-state index contributed by atoms with van der Waals surface area (Å²) in [6, 6.07) is 0. The Bertz CT molecular complexity index is 424. The van der Waals surface area contributed by atoms with Crippen LogP contribution in [0.5, 0.6) is 0 Å². The second kappa shape index (κ2) is 7.86.